The third-order valence-electron chi connectivity index (χ3n) is 3.68. The number of rotatable bonds is 7. The zero-order valence-electron chi connectivity index (χ0n) is 14.5. The van der Waals surface area contributed by atoms with Crippen molar-refractivity contribution >= 4 is 18.1 Å². The maximum absolute atomic E-state index is 11.1. The molecular formula is C20H24N2O2. The van der Waals surface area contributed by atoms with Crippen molar-refractivity contribution in [1.29, 1.82) is 0 Å². The predicted molar refractivity (Wildman–Crippen MR) is 97.8 cm³/mol. The number of amides is 1. The number of nitrogens with zero attached hydrogens (tertiary/aromatic N) is 2. The molecule has 0 unspecified atom stereocenters. The van der Waals surface area contributed by atoms with Gasteiger partial charge in [-0.05, 0) is 49.2 Å². The topological polar surface area (TPSA) is 42.4 Å². The fourth-order valence-electron chi connectivity index (χ4n) is 2.16. The molecule has 1 aromatic heterocycles. The summed E-state index contributed by atoms with van der Waals surface area (Å²) in [5.74, 6) is 0.917. The molecule has 1 amide bonds. The molecule has 0 spiro atoms. The van der Waals surface area contributed by atoms with Gasteiger partial charge in [0.25, 0.3) is 0 Å². The Kier molecular flexibility index (Phi) is 6.55. The molecule has 126 valence electrons. The summed E-state index contributed by atoms with van der Waals surface area (Å²) in [5, 5.41) is 0. The Labute approximate surface area is 143 Å². The average molecular weight is 324 g/mol. The number of benzene rings is 1. The van der Waals surface area contributed by atoms with Crippen LogP contribution in [0.5, 0.6) is 5.75 Å². The van der Waals surface area contributed by atoms with Gasteiger partial charge in [0.2, 0.25) is 5.91 Å². The van der Waals surface area contributed by atoms with Crippen molar-refractivity contribution < 1.29 is 9.53 Å². The first-order valence-electron chi connectivity index (χ1n) is 8.11. The van der Waals surface area contributed by atoms with E-state index in [1.165, 1.54) is 0 Å². The molecule has 4 nitrogen and oxygen atoms in total. The van der Waals surface area contributed by atoms with Crippen molar-refractivity contribution in [3.63, 3.8) is 0 Å². The van der Waals surface area contributed by atoms with Gasteiger partial charge in [-0.25, -0.2) is 0 Å². The normalized spacial score (nSPS) is 10.8. The van der Waals surface area contributed by atoms with E-state index in [0.717, 1.165) is 29.1 Å². The predicted octanol–water partition coefficient (Wildman–Crippen LogP) is 3.81. The van der Waals surface area contributed by atoms with Crippen LogP contribution in [0.2, 0.25) is 0 Å². The highest BCUT2D eigenvalue weighted by atomic mass is 16.5. The molecule has 2 rings (SSSR count). The summed E-state index contributed by atoms with van der Waals surface area (Å²) in [4.78, 5) is 17.2. The van der Waals surface area contributed by atoms with Gasteiger partial charge in [0.1, 0.15) is 5.75 Å². The number of carbonyl (C=O) groups is 1. The standard InChI is InChI=1S/C20H24N2O2/c1-16-6-4-7-19(21-16)11-8-18-9-12-20(13-10-18)24-15-5-14-22(3)17(2)23/h4,6-13H,5,14-15H2,1-3H3/b11-8+. The summed E-state index contributed by atoms with van der Waals surface area (Å²) in [7, 11) is 1.80. The molecule has 2 aromatic rings. The van der Waals surface area contributed by atoms with Crippen LogP contribution < -0.4 is 4.74 Å². The van der Waals surface area contributed by atoms with Gasteiger partial charge in [0.05, 0.1) is 12.3 Å². The monoisotopic (exact) mass is 324 g/mol. The summed E-state index contributed by atoms with van der Waals surface area (Å²) in [6, 6.07) is 13.9. The summed E-state index contributed by atoms with van der Waals surface area (Å²) < 4.78 is 5.70. The third kappa shape index (κ3) is 5.88. The van der Waals surface area contributed by atoms with Crippen LogP contribution in [-0.2, 0) is 4.79 Å². The zero-order chi connectivity index (χ0) is 17.4. The number of aryl methyl sites for hydroxylation is 1. The molecule has 0 aliphatic rings. The van der Waals surface area contributed by atoms with E-state index in [-0.39, 0.29) is 5.91 Å². The summed E-state index contributed by atoms with van der Waals surface area (Å²) >= 11 is 0. The lowest BCUT2D eigenvalue weighted by Gasteiger charge is -2.14. The van der Waals surface area contributed by atoms with Gasteiger partial charge in [-0.15, -0.1) is 0 Å². The summed E-state index contributed by atoms with van der Waals surface area (Å²) in [6.07, 6.45) is 4.85. The zero-order valence-corrected chi connectivity index (χ0v) is 14.5. The number of pyridine rings is 1. The number of hydrogen-bond acceptors (Lipinski definition) is 3. The second-order valence-electron chi connectivity index (χ2n) is 5.75. The second-order valence-corrected chi connectivity index (χ2v) is 5.75. The van der Waals surface area contributed by atoms with Gasteiger partial charge in [0.15, 0.2) is 0 Å². The Balaban J connectivity index is 1.81. The lowest BCUT2D eigenvalue weighted by atomic mass is 10.2. The number of ether oxygens (including phenoxy) is 1. The van der Waals surface area contributed by atoms with Crippen LogP contribution in [0.15, 0.2) is 42.5 Å². The minimum absolute atomic E-state index is 0.0780. The van der Waals surface area contributed by atoms with Crippen LogP contribution >= 0.6 is 0 Å². The van der Waals surface area contributed by atoms with Gasteiger partial charge in [-0.3, -0.25) is 9.78 Å². The van der Waals surface area contributed by atoms with Crippen molar-refractivity contribution in [2.45, 2.75) is 20.3 Å². The van der Waals surface area contributed by atoms with Crippen LogP contribution in [-0.4, -0.2) is 36.0 Å². The number of hydrogen-bond donors (Lipinski definition) is 0. The molecule has 0 bridgehead atoms. The molecule has 0 aliphatic heterocycles. The summed E-state index contributed by atoms with van der Waals surface area (Å²) in [5.41, 5.74) is 3.06. The van der Waals surface area contributed by atoms with E-state index in [0.29, 0.717) is 13.2 Å². The van der Waals surface area contributed by atoms with Gasteiger partial charge in [0, 0.05) is 26.2 Å². The van der Waals surface area contributed by atoms with Crippen LogP contribution in [0.1, 0.15) is 30.3 Å². The average Bonchev–Trinajstić information content (AvgIpc) is 2.57. The highest BCUT2D eigenvalue weighted by Gasteiger charge is 2.01. The smallest absolute Gasteiger partial charge is 0.219 e. The van der Waals surface area contributed by atoms with E-state index in [9.17, 15) is 4.79 Å². The molecule has 24 heavy (non-hydrogen) atoms. The molecule has 0 radical (unpaired) electrons. The molecule has 1 heterocycles. The first-order valence-corrected chi connectivity index (χ1v) is 8.11. The highest BCUT2D eigenvalue weighted by Crippen LogP contribution is 2.14. The van der Waals surface area contributed by atoms with E-state index < -0.39 is 0 Å². The molecule has 0 atom stereocenters. The maximum atomic E-state index is 11.1. The van der Waals surface area contributed by atoms with Crippen LogP contribution in [0.4, 0.5) is 0 Å². The maximum Gasteiger partial charge on any atom is 0.219 e. The van der Waals surface area contributed by atoms with Crippen LogP contribution in [0.25, 0.3) is 12.2 Å². The van der Waals surface area contributed by atoms with Gasteiger partial charge in [-0.1, -0.05) is 24.3 Å². The molecule has 0 fully saturated rings. The van der Waals surface area contributed by atoms with Crippen molar-refractivity contribution in [1.82, 2.24) is 9.88 Å². The second kappa shape index (κ2) is 8.87. The third-order valence-corrected chi connectivity index (χ3v) is 3.68. The van der Waals surface area contributed by atoms with Gasteiger partial charge in [-0.2, -0.15) is 0 Å². The van der Waals surface area contributed by atoms with Crippen molar-refractivity contribution in [2.75, 3.05) is 20.2 Å². The van der Waals surface area contributed by atoms with E-state index in [1.807, 2.05) is 61.5 Å². The number of carbonyl (C=O) groups excluding carboxylic acids is 1. The molecule has 4 heteroatoms. The fourth-order valence-corrected chi connectivity index (χ4v) is 2.16. The van der Waals surface area contributed by atoms with Crippen molar-refractivity contribution in [3.05, 3.63) is 59.4 Å². The molecular weight excluding hydrogens is 300 g/mol. The molecule has 1 aromatic carbocycles. The fraction of sp³-hybridized carbons (Fsp3) is 0.300. The summed E-state index contributed by atoms with van der Waals surface area (Å²) in [6.45, 7) is 4.86. The van der Waals surface area contributed by atoms with Crippen LogP contribution in [0.3, 0.4) is 0 Å². The first kappa shape index (κ1) is 17.7. The largest absolute Gasteiger partial charge is 0.494 e. The molecule has 0 N–H and O–H groups in total. The van der Waals surface area contributed by atoms with Gasteiger partial charge >= 0.3 is 0 Å². The Morgan fingerprint density at radius 1 is 1.17 bits per heavy atom. The van der Waals surface area contributed by atoms with Crippen molar-refractivity contribution in [3.8, 4) is 5.75 Å². The van der Waals surface area contributed by atoms with Gasteiger partial charge < -0.3 is 9.64 Å². The minimum atomic E-state index is 0.0780. The van der Waals surface area contributed by atoms with Crippen LogP contribution in [0, 0.1) is 6.92 Å². The lowest BCUT2D eigenvalue weighted by molar-refractivity contribution is -0.127. The van der Waals surface area contributed by atoms with E-state index >= 15 is 0 Å². The van der Waals surface area contributed by atoms with E-state index in [2.05, 4.69) is 4.98 Å². The Bertz CT molecular complexity index is 693. The first-order chi connectivity index (χ1) is 11.5. The SMILES string of the molecule is CC(=O)N(C)CCCOc1ccc(/C=C/c2cccc(C)n2)cc1. The molecule has 0 aliphatic carbocycles. The molecule has 0 saturated heterocycles. The number of aromatic nitrogens is 1. The lowest BCUT2D eigenvalue weighted by Crippen LogP contribution is -2.25. The van der Waals surface area contributed by atoms with E-state index in [4.69, 9.17) is 4.74 Å². The van der Waals surface area contributed by atoms with E-state index in [1.54, 1.807) is 18.9 Å². The highest BCUT2D eigenvalue weighted by molar-refractivity contribution is 5.72. The quantitative estimate of drug-likeness (QED) is 0.727. The van der Waals surface area contributed by atoms with Crippen molar-refractivity contribution in [2.24, 2.45) is 0 Å². The Morgan fingerprint density at radius 2 is 1.92 bits per heavy atom. The Hall–Kier alpha value is -2.62. The molecule has 0 saturated carbocycles. The minimum Gasteiger partial charge on any atom is -0.494 e. The Morgan fingerprint density at radius 3 is 2.58 bits per heavy atom.